The van der Waals surface area contributed by atoms with E-state index in [1.54, 1.807) is 11.9 Å². The fourth-order valence-electron chi connectivity index (χ4n) is 0.990. The van der Waals surface area contributed by atoms with Crippen LogP contribution in [0.25, 0.3) is 0 Å². The maximum absolute atomic E-state index is 3.34. The average molecular weight is 225 g/mol. The van der Waals surface area contributed by atoms with Crippen LogP contribution >= 0.6 is 11.9 Å². The zero-order valence-electron chi connectivity index (χ0n) is 10.3. The van der Waals surface area contributed by atoms with Crippen LogP contribution in [0.3, 0.4) is 0 Å². The topological polar surface area (TPSA) is 12.0 Å². The summed E-state index contributed by atoms with van der Waals surface area (Å²) < 4.78 is 3.34. The minimum atomic E-state index is 1.09. The number of nitrogens with one attached hydrogen (secondary N) is 1. The van der Waals surface area contributed by atoms with Gasteiger partial charge >= 0.3 is 0 Å². The molecule has 0 spiro atoms. The highest BCUT2D eigenvalue weighted by Gasteiger charge is 1.91. The lowest BCUT2D eigenvalue weighted by molar-refractivity contribution is 0.776. The molecule has 0 unspecified atom stereocenters. The monoisotopic (exact) mass is 225 g/mol. The summed E-state index contributed by atoms with van der Waals surface area (Å²) in [4.78, 5) is 1.29. The zero-order valence-corrected chi connectivity index (χ0v) is 11.2. The SMILES string of the molecule is CC.CCCCNSc1ccc(C)cc1. The zero-order chi connectivity index (χ0) is 11.5. The molecule has 0 atom stereocenters. The number of hydrogen-bond acceptors (Lipinski definition) is 2. The third kappa shape index (κ3) is 7.46. The minimum Gasteiger partial charge on any atom is -0.260 e. The van der Waals surface area contributed by atoms with Crippen molar-refractivity contribution < 1.29 is 0 Å². The molecule has 0 aliphatic carbocycles. The van der Waals surface area contributed by atoms with Gasteiger partial charge in [-0.15, -0.1) is 0 Å². The second kappa shape index (κ2) is 10.1. The molecule has 0 aliphatic rings. The molecule has 0 aromatic heterocycles. The Bertz CT molecular complexity index is 231. The summed E-state index contributed by atoms with van der Waals surface area (Å²) in [6, 6.07) is 8.59. The van der Waals surface area contributed by atoms with E-state index in [4.69, 9.17) is 0 Å². The first-order valence-corrected chi connectivity index (χ1v) is 6.61. The Morgan fingerprint density at radius 3 is 2.27 bits per heavy atom. The van der Waals surface area contributed by atoms with E-state index in [9.17, 15) is 0 Å². The van der Waals surface area contributed by atoms with E-state index >= 15 is 0 Å². The van der Waals surface area contributed by atoms with Crippen molar-refractivity contribution in [2.45, 2.75) is 45.4 Å². The minimum absolute atomic E-state index is 1.09. The molecule has 0 bridgehead atoms. The summed E-state index contributed by atoms with van der Waals surface area (Å²) in [6.07, 6.45) is 2.50. The van der Waals surface area contributed by atoms with Crippen LogP contribution in [-0.4, -0.2) is 6.54 Å². The Balaban J connectivity index is 0.000000921. The Morgan fingerprint density at radius 1 is 1.13 bits per heavy atom. The first-order chi connectivity index (χ1) is 7.33. The second-order valence-electron chi connectivity index (χ2n) is 3.16. The normalized spacial score (nSPS) is 9.33. The van der Waals surface area contributed by atoms with Crippen LogP contribution < -0.4 is 4.72 Å². The molecule has 0 saturated heterocycles. The van der Waals surface area contributed by atoms with Gasteiger partial charge in [0.2, 0.25) is 0 Å². The summed E-state index contributed by atoms with van der Waals surface area (Å²) in [6.45, 7) is 9.41. The van der Waals surface area contributed by atoms with E-state index in [1.807, 2.05) is 13.8 Å². The predicted molar refractivity (Wildman–Crippen MR) is 71.3 cm³/mol. The highest BCUT2D eigenvalue weighted by atomic mass is 32.2. The molecule has 1 aromatic rings. The lowest BCUT2D eigenvalue weighted by Crippen LogP contribution is -2.04. The summed E-state index contributed by atoms with van der Waals surface area (Å²) >= 11 is 1.72. The molecule has 0 aliphatic heterocycles. The number of rotatable bonds is 5. The van der Waals surface area contributed by atoms with Gasteiger partial charge in [0.05, 0.1) is 0 Å². The van der Waals surface area contributed by atoms with Gasteiger partial charge in [-0.25, -0.2) is 0 Å². The van der Waals surface area contributed by atoms with Crippen molar-refractivity contribution in [2.24, 2.45) is 0 Å². The molecule has 86 valence electrons. The second-order valence-corrected chi connectivity index (χ2v) is 4.13. The van der Waals surface area contributed by atoms with Crippen LogP contribution in [0, 0.1) is 6.92 Å². The van der Waals surface area contributed by atoms with E-state index in [0.29, 0.717) is 0 Å². The molecule has 1 N–H and O–H groups in total. The highest BCUT2D eigenvalue weighted by Crippen LogP contribution is 2.14. The first-order valence-electron chi connectivity index (χ1n) is 5.79. The van der Waals surface area contributed by atoms with Crippen molar-refractivity contribution in [3.63, 3.8) is 0 Å². The average Bonchev–Trinajstić information content (AvgIpc) is 2.30. The van der Waals surface area contributed by atoms with Crippen LogP contribution in [0.4, 0.5) is 0 Å². The van der Waals surface area contributed by atoms with Gasteiger partial charge in [-0.05, 0) is 37.4 Å². The van der Waals surface area contributed by atoms with E-state index < -0.39 is 0 Å². The fourth-order valence-corrected chi connectivity index (χ4v) is 1.67. The Labute approximate surface area is 98.8 Å². The van der Waals surface area contributed by atoms with Crippen molar-refractivity contribution >= 4 is 11.9 Å². The fraction of sp³-hybridized carbons (Fsp3) is 0.538. The quantitative estimate of drug-likeness (QED) is 0.588. The molecule has 0 saturated carbocycles. The summed E-state index contributed by atoms with van der Waals surface area (Å²) in [7, 11) is 0. The molecule has 0 radical (unpaired) electrons. The molecular formula is C13H23NS. The molecule has 0 heterocycles. The molecule has 2 heteroatoms. The lowest BCUT2D eigenvalue weighted by Gasteiger charge is -2.02. The molecule has 15 heavy (non-hydrogen) atoms. The third-order valence-electron chi connectivity index (χ3n) is 1.84. The van der Waals surface area contributed by atoms with Crippen molar-refractivity contribution in [1.82, 2.24) is 4.72 Å². The van der Waals surface area contributed by atoms with Crippen molar-refractivity contribution in [3.8, 4) is 0 Å². The van der Waals surface area contributed by atoms with Crippen molar-refractivity contribution in [2.75, 3.05) is 6.54 Å². The number of benzene rings is 1. The van der Waals surface area contributed by atoms with E-state index in [0.717, 1.165) is 6.54 Å². The van der Waals surface area contributed by atoms with Crippen LogP contribution in [0.1, 0.15) is 39.2 Å². The summed E-state index contributed by atoms with van der Waals surface area (Å²) in [5.41, 5.74) is 1.32. The van der Waals surface area contributed by atoms with E-state index in [2.05, 4.69) is 42.8 Å². The van der Waals surface area contributed by atoms with Crippen molar-refractivity contribution in [3.05, 3.63) is 29.8 Å². The van der Waals surface area contributed by atoms with Gasteiger partial charge in [0.15, 0.2) is 0 Å². The smallest absolute Gasteiger partial charge is 0.0228 e. The maximum atomic E-state index is 3.34. The predicted octanol–water partition coefficient (Wildman–Crippen LogP) is 4.42. The largest absolute Gasteiger partial charge is 0.260 e. The van der Waals surface area contributed by atoms with Gasteiger partial charge in [-0.1, -0.05) is 44.9 Å². The molecule has 1 rings (SSSR count). The van der Waals surface area contributed by atoms with Gasteiger partial charge < -0.3 is 0 Å². The van der Waals surface area contributed by atoms with E-state index in [-0.39, 0.29) is 0 Å². The van der Waals surface area contributed by atoms with Gasteiger partial charge in [-0.2, -0.15) is 0 Å². The van der Waals surface area contributed by atoms with Crippen LogP contribution in [0.5, 0.6) is 0 Å². The van der Waals surface area contributed by atoms with Crippen molar-refractivity contribution in [1.29, 1.82) is 0 Å². The first kappa shape index (κ1) is 14.5. The molecule has 0 amide bonds. The molecule has 1 nitrogen and oxygen atoms in total. The molecular weight excluding hydrogens is 202 g/mol. The highest BCUT2D eigenvalue weighted by molar-refractivity contribution is 7.97. The summed E-state index contributed by atoms with van der Waals surface area (Å²) in [5.74, 6) is 0. The van der Waals surface area contributed by atoms with Crippen LogP contribution in [0.2, 0.25) is 0 Å². The Morgan fingerprint density at radius 2 is 1.73 bits per heavy atom. The van der Waals surface area contributed by atoms with Gasteiger partial charge in [0, 0.05) is 11.4 Å². The number of aryl methyl sites for hydroxylation is 1. The van der Waals surface area contributed by atoms with Gasteiger partial charge in [0.1, 0.15) is 0 Å². The summed E-state index contributed by atoms with van der Waals surface area (Å²) in [5, 5.41) is 0. The Hall–Kier alpha value is -0.470. The molecule has 1 aromatic carbocycles. The van der Waals surface area contributed by atoms with E-state index in [1.165, 1.54) is 23.3 Å². The molecule has 0 fully saturated rings. The van der Waals surface area contributed by atoms with Crippen LogP contribution in [0.15, 0.2) is 29.2 Å². The maximum Gasteiger partial charge on any atom is 0.0228 e. The van der Waals surface area contributed by atoms with Crippen LogP contribution in [-0.2, 0) is 0 Å². The third-order valence-corrected chi connectivity index (χ3v) is 2.70. The Kier molecular flexibility index (Phi) is 9.75. The lowest BCUT2D eigenvalue weighted by atomic mass is 10.2. The standard InChI is InChI=1S/C11H17NS.C2H6/c1-3-4-9-12-13-11-7-5-10(2)6-8-11;1-2/h5-8,12H,3-4,9H2,1-2H3;1-2H3. The number of hydrogen-bond donors (Lipinski definition) is 1. The van der Waals surface area contributed by atoms with Gasteiger partial charge in [0.25, 0.3) is 0 Å². The number of unbranched alkanes of at least 4 members (excludes halogenated alkanes) is 1. The van der Waals surface area contributed by atoms with Gasteiger partial charge in [-0.3, -0.25) is 4.72 Å².